The lowest BCUT2D eigenvalue weighted by Gasteiger charge is -2.46. The maximum Gasteiger partial charge on any atom is 0.218 e. The van der Waals surface area contributed by atoms with Crippen molar-refractivity contribution in [3.63, 3.8) is 0 Å². The van der Waals surface area contributed by atoms with Gasteiger partial charge in [-0.1, -0.05) is 5.23 Å². The van der Waals surface area contributed by atoms with Crippen LogP contribution in [-0.2, 0) is 28.4 Å². The molecule has 19 nitrogen and oxygen atoms in total. The molecule has 42 heavy (non-hydrogen) atoms. The van der Waals surface area contributed by atoms with Crippen molar-refractivity contribution in [1.82, 2.24) is 5.23 Å². The van der Waals surface area contributed by atoms with Crippen molar-refractivity contribution in [3.8, 4) is 0 Å². The van der Waals surface area contributed by atoms with E-state index >= 15 is 0 Å². The summed E-state index contributed by atoms with van der Waals surface area (Å²) in [5.41, 5.74) is 29.7. The fourth-order valence-electron chi connectivity index (χ4n) is 5.56. The molecule has 0 aromatic carbocycles. The van der Waals surface area contributed by atoms with Crippen molar-refractivity contribution >= 4 is 0 Å². The zero-order valence-electron chi connectivity index (χ0n) is 22.8. The van der Waals surface area contributed by atoms with Gasteiger partial charge in [-0.3, -0.25) is 10.4 Å². The third-order valence-corrected chi connectivity index (χ3v) is 8.02. The smallest absolute Gasteiger partial charge is 0.218 e. The van der Waals surface area contributed by atoms with Crippen molar-refractivity contribution in [2.75, 3.05) is 19.7 Å². The second-order valence-electron chi connectivity index (χ2n) is 10.9. The molecule has 0 unspecified atom stereocenters. The van der Waals surface area contributed by atoms with Gasteiger partial charge in [0, 0.05) is 19.0 Å². The molecule has 19 heteroatoms. The first kappa shape index (κ1) is 33.7. The second-order valence-corrected chi connectivity index (χ2v) is 10.9. The Bertz CT molecular complexity index is 909. The summed E-state index contributed by atoms with van der Waals surface area (Å²) in [4.78, 5) is 0. The third-order valence-electron chi connectivity index (χ3n) is 8.02. The van der Waals surface area contributed by atoms with Gasteiger partial charge in [-0.05, 0) is 12.5 Å². The van der Waals surface area contributed by atoms with Gasteiger partial charge in [0.05, 0.1) is 49.6 Å². The summed E-state index contributed by atoms with van der Waals surface area (Å²) in [6.45, 7) is -0.635. The van der Waals surface area contributed by atoms with Gasteiger partial charge in [0.2, 0.25) is 6.29 Å². The van der Waals surface area contributed by atoms with Crippen LogP contribution in [0.25, 0.3) is 0 Å². The van der Waals surface area contributed by atoms with E-state index in [9.17, 15) is 35.9 Å². The topological polar surface area (TPSA) is 330 Å². The number of aliphatic hydroxyl groups excluding tert-OH is 5. The van der Waals surface area contributed by atoms with E-state index < -0.39 is 105 Å². The molecule has 0 bridgehead atoms. The van der Waals surface area contributed by atoms with Crippen molar-refractivity contribution in [2.24, 2.45) is 28.7 Å². The van der Waals surface area contributed by atoms with Gasteiger partial charge in [-0.15, -0.1) is 0 Å². The third kappa shape index (κ3) is 7.04. The SMILES string of the molecule is NCC1=C[C@@H](O)[C@@H](N)[C@@H](O[C@H]2[C@H](O[C@@H]3O[C@H](CO)[C@@H](O[C@H]4O[C@@H](CN)C[C@H](O)[C@H]4N)[C@H]3O)[C@@H](O)[C@H](N(O)O)C[C@@H]2N)O1. The fraction of sp³-hybridized carbons (Fsp3) is 0.913. The number of nitrogens with zero attached hydrogens (tertiary/aromatic N) is 1. The minimum atomic E-state index is -1.68. The quantitative estimate of drug-likeness (QED) is 0.102. The van der Waals surface area contributed by atoms with Crippen molar-refractivity contribution in [2.45, 2.75) is 111 Å². The van der Waals surface area contributed by atoms with Crippen LogP contribution in [0, 0.1) is 0 Å². The van der Waals surface area contributed by atoms with E-state index in [4.69, 9.17) is 57.1 Å². The molecule has 16 atom stereocenters. The molecule has 3 heterocycles. The largest absolute Gasteiger partial charge is 0.466 e. The molecule has 0 aromatic rings. The molecule has 0 spiro atoms. The van der Waals surface area contributed by atoms with E-state index in [2.05, 4.69) is 0 Å². The highest BCUT2D eigenvalue weighted by molar-refractivity contribution is 5.08. The van der Waals surface area contributed by atoms with Gasteiger partial charge in [0.15, 0.2) is 12.6 Å². The molecular formula is C23H44N6O13. The summed E-state index contributed by atoms with van der Waals surface area (Å²) in [6, 6.07) is -4.46. The highest BCUT2D eigenvalue weighted by Crippen LogP contribution is 2.35. The Kier molecular flexibility index (Phi) is 11.5. The summed E-state index contributed by atoms with van der Waals surface area (Å²) < 4.78 is 34.8. The Hall–Kier alpha value is -1.18. The van der Waals surface area contributed by atoms with Crippen molar-refractivity contribution in [3.05, 3.63) is 11.8 Å². The molecule has 3 fully saturated rings. The number of ether oxygens (including phenoxy) is 6. The van der Waals surface area contributed by atoms with E-state index in [0.29, 0.717) is 0 Å². The van der Waals surface area contributed by atoms with Crippen LogP contribution in [0.4, 0.5) is 0 Å². The standard InChI is InChI=1S/C23H44N6O13/c24-4-7-1-11(31)14(27)21(37-7)40-18-9(26)3-10(29(35)36)16(33)20(18)42-23-17(34)19(13(6-30)39-23)41-22-15(28)12(32)2-8(5-25)38-22/h1,8-23,30-36H,2-6,24-28H2/t8-,9+,10-,11-,12+,13-,14-,15-,16+,17-,18-,19-,20-,21-,22-,23+/m1/s1. The van der Waals surface area contributed by atoms with Crippen LogP contribution < -0.4 is 28.7 Å². The number of hydrogen-bond acceptors (Lipinski definition) is 19. The van der Waals surface area contributed by atoms with Crippen LogP contribution in [0.5, 0.6) is 0 Å². The highest BCUT2D eigenvalue weighted by Gasteiger charge is 2.54. The van der Waals surface area contributed by atoms with Gasteiger partial charge < -0.3 is 82.6 Å². The number of aliphatic hydroxyl groups is 5. The molecule has 17 N–H and O–H groups in total. The summed E-state index contributed by atoms with van der Waals surface area (Å²) in [5.74, 6) is 0.192. The Morgan fingerprint density at radius 3 is 2.12 bits per heavy atom. The molecule has 0 radical (unpaired) electrons. The average molecular weight is 613 g/mol. The monoisotopic (exact) mass is 612 g/mol. The predicted molar refractivity (Wildman–Crippen MR) is 136 cm³/mol. The average Bonchev–Trinajstić information content (AvgIpc) is 3.25. The van der Waals surface area contributed by atoms with Crippen LogP contribution in [0.2, 0.25) is 0 Å². The van der Waals surface area contributed by atoms with E-state index in [-0.39, 0.29) is 36.9 Å². The van der Waals surface area contributed by atoms with Gasteiger partial charge in [-0.2, -0.15) is 0 Å². The molecule has 244 valence electrons. The van der Waals surface area contributed by atoms with Crippen LogP contribution in [0.15, 0.2) is 11.8 Å². The normalized spacial score (nSPS) is 48.3. The molecule has 3 aliphatic heterocycles. The van der Waals surface area contributed by atoms with E-state index in [1.807, 2.05) is 0 Å². The number of nitrogens with two attached hydrogens (primary N) is 5. The van der Waals surface area contributed by atoms with Gasteiger partial charge >= 0.3 is 0 Å². The molecule has 1 aliphatic carbocycles. The zero-order valence-corrected chi connectivity index (χ0v) is 22.8. The lowest BCUT2D eigenvalue weighted by atomic mass is 9.84. The maximum absolute atomic E-state index is 11.1. The Balaban J connectivity index is 1.53. The minimum Gasteiger partial charge on any atom is -0.466 e. The molecule has 1 saturated carbocycles. The van der Waals surface area contributed by atoms with Crippen molar-refractivity contribution in [1.29, 1.82) is 0 Å². The first-order valence-electron chi connectivity index (χ1n) is 13.7. The minimum absolute atomic E-state index is 0.0710. The molecule has 2 saturated heterocycles. The summed E-state index contributed by atoms with van der Waals surface area (Å²) in [7, 11) is 0. The Morgan fingerprint density at radius 2 is 1.50 bits per heavy atom. The van der Waals surface area contributed by atoms with Crippen LogP contribution in [-0.4, -0.2) is 159 Å². The maximum atomic E-state index is 11.1. The van der Waals surface area contributed by atoms with Gasteiger partial charge in [0.1, 0.15) is 42.4 Å². The van der Waals surface area contributed by atoms with Gasteiger partial charge in [0.25, 0.3) is 0 Å². The number of hydroxylamine groups is 2. The van der Waals surface area contributed by atoms with E-state index in [0.717, 1.165) is 0 Å². The number of rotatable bonds is 10. The lowest BCUT2D eigenvalue weighted by Crippen LogP contribution is -2.66. The van der Waals surface area contributed by atoms with E-state index in [1.165, 1.54) is 6.08 Å². The second kappa shape index (κ2) is 14.3. The molecule has 0 amide bonds. The molecular weight excluding hydrogens is 568 g/mol. The fourth-order valence-corrected chi connectivity index (χ4v) is 5.56. The summed E-state index contributed by atoms with van der Waals surface area (Å²) in [5, 5.41) is 72.0. The Morgan fingerprint density at radius 1 is 0.833 bits per heavy atom. The zero-order chi connectivity index (χ0) is 30.9. The first-order valence-corrected chi connectivity index (χ1v) is 13.7. The molecule has 0 aromatic heterocycles. The molecule has 4 aliphatic rings. The summed E-state index contributed by atoms with van der Waals surface area (Å²) in [6.07, 6.45) is -14.0. The van der Waals surface area contributed by atoms with Gasteiger partial charge in [-0.25, -0.2) is 0 Å². The van der Waals surface area contributed by atoms with Crippen LogP contribution in [0.1, 0.15) is 12.8 Å². The highest BCUT2D eigenvalue weighted by atomic mass is 16.8. The van der Waals surface area contributed by atoms with Crippen LogP contribution in [0.3, 0.4) is 0 Å². The predicted octanol–water partition coefficient (Wildman–Crippen LogP) is -6.59. The first-order chi connectivity index (χ1) is 19.9. The lowest BCUT2D eigenvalue weighted by molar-refractivity contribution is -0.365. The van der Waals surface area contributed by atoms with E-state index in [1.54, 1.807) is 0 Å². The summed E-state index contributed by atoms with van der Waals surface area (Å²) >= 11 is 0. The number of hydrogen-bond donors (Lipinski definition) is 12. The van der Waals surface area contributed by atoms with Crippen molar-refractivity contribution < 1.29 is 64.4 Å². The Labute approximate surface area is 241 Å². The molecule has 4 rings (SSSR count). The van der Waals surface area contributed by atoms with Crippen LogP contribution >= 0.6 is 0 Å².